The predicted octanol–water partition coefficient (Wildman–Crippen LogP) is 5.04. The standard InChI is InChI=1S/C27H22FN3O4/c1-3-35-21-13-12-16(14-15(21)2)24(32)22-23(17-8-4-5-9-18(17)28)31(26(34)25(22)33)27-29-19-10-6-7-11-20(19)30-27/h4-14,23,32H,3H2,1-2H3,(H,29,30)/b24-22+. The number of anilines is 1. The molecule has 1 saturated heterocycles. The number of carbonyl (C=O) groups is 2. The number of fused-ring (bicyclic) bond motifs is 1. The number of benzene rings is 3. The first-order valence-corrected chi connectivity index (χ1v) is 11.1. The molecule has 0 bridgehead atoms. The van der Waals surface area contributed by atoms with Crippen molar-refractivity contribution in [2.45, 2.75) is 19.9 Å². The molecule has 2 N–H and O–H groups in total. The summed E-state index contributed by atoms with van der Waals surface area (Å²) < 4.78 is 20.6. The summed E-state index contributed by atoms with van der Waals surface area (Å²) in [6, 6.07) is 16.7. The van der Waals surface area contributed by atoms with Crippen molar-refractivity contribution in [3.05, 3.63) is 94.8 Å². The van der Waals surface area contributed by atoms with E-state index in [1.807, 2.05) is 13.8 Å². The van der Waals surface area contributed by atoms with Gasteiger partial charge in [-0.1, -0.05) is 30.3 Å². The molecule has 3 aromatic carbocycles. The van der Waals surface area contributed by atoms with Gasteiger partial charge in [-0.3, -0.25) is 14.5 Å². The first kappa shape index (κ1) is 22.3. The fraction of sp³-hybridized carbons (Fsp3) is 0.148. The Kier molecular flexibility index (Phi) is 5.56. The van der Waals surface area contributed by atoms with Gasteiger partial charge in [-0.2, -0.15) is 0 Å². The molecule has 0 spiro atoms. The number of Topliss-reactive ketones (excluding diaryl/α,β-unsaturated/α-hetero) is 1. The number of ketones is 1. The molecule has 0 aliphatic carbocycles. The van der Waals surface area contributed by atoms with Crippen LogP contribution in [0.2, 0.25) is 0 Å². The number of carbonyl (C=O) groups excluding carboxylic acids is 2. The Hall–Kier alpha value is -4.46. The zero-order valence-corrected chi connectivity index (χ0v) is 19.1. The maximum atomic E-state index is 15.0. The number of H-pyrrole nitrogens is 1. The van der Waals surface area contributed by atoms with Crippen LogP contribution in [0.15, 0.2) is 72.3 Å². The summed E-state index contributed by atoms with van der Waals surface area (Å²) in [6.45, 7) is 4.15. The van der Waals surface area contributed by atoms with Gasteiger partial charge < -0.3 is 14.8 Å². The first-order chi connectivity index (χ1) is 16.9. The molecule has 5 rings (SSSR count). The largest absolute Gasteiger partial charge is 0.507 e. The number of ether oxygens (including phenoxy) is 1. The SMILES string of the molecule is CCOc1ccc(/C(O)=C2\C(=O)C(=O)N(c3nc4ccccc4[nH]3)C2c2ccccc2F)cc1C. The summed E-state index contributed by atoms with van der Waals surface area (Å²) in [5, 5.41) is 11.3. The second kappa shape index (κ2) is 8.72. The molecular weight excluding hydrogens is 449 g/mol. The molecule has 2 heterocycles. The van der Waals surface area contributed by atoms with Crippen LogP contribution in [0.4, 0.5) is 10.3 Å². The van der Waals surface area contributed by atoms with E-state index in [1.54, 1.807) is 48.5 Å². The number of halogens is 1. The Balaban J connectivity index is 1.72. The van der Waals surface area contributed by atoms with E-state index in [-0.39, 0.29) is 17.1 Å². The molecule has 8 heteroatoms. The molecule has 1 amide bonds. The molecule has 7 nitrogen and oxygen atoms in total. The lowest BCUT2D eigenvalue weighted by Crippen LogP contribution is -2.30. The predicted molar refractivity (Wildman–Crippen MR) is 130 cm³/mol. The average Bonchev–Trinajstić information content (AvgIpc) is 3.39. The van der Waals surface area contributed by atoms with Crippen LogP contribution in [0.1, 0.15) is 29.7 Å². The number of hydrogen-bond donors (Lipinski definition) is 2. The number of para-hydroxylation sites is 2. The van der Waals surface area contributed by atoms with Crippen LogP contribution in [-0.4, -0.2) is 33.4 Å². The van der Waals surface area contributed by atoms with E-state index in [4.69, 9.17) is 4.74 Å². The smallest absolute Gasteiger partial charge is 0.302 e. The molecule has 1 aromatic heterocycles. The maximum Gasteiger partial charge on any atom is 0.302 e. The lowest BCUT2D eigenvalue weighted by Gasteiger charge is -2.23. The highest BCUT2D eigenvalue weighted by molar-refractivity contribution is 6.51. The van der Waals surface area contributed by atoms with E-state index in [0.717, 1.165) is 10.5 Å². The van der Waals surface area contributed by atoms with Crippen LogP contribution in [0.25, 0.3) is 16.8 Å². The lowest BCUT2D eigenvalue weighted by molar-refractivity contribution is -0.132. The van der Waals surface area contributed by atoms with Gasteiger partial charge in [0.1, 0.15) is 23.4 Å². The number of rotatable bonds is 5. The van der Waals surface area contributed by atoms with Crippen LogP contribution < -0.4 is 9.64 Å². The third kappa shape index (κ3) is 3.73. The van der Waals surface area contributed by atoms with Crippen LogP contribution in [0.5, 0.6) is 5.75 Å². The number of aryl methyl sites for hydroxylation is 1. The number of imidazole rings is 1. The average molecular weight is 471 g/mol. The van der Waals surface area contributed by atoms with Gasteiger partial charge in [0, 0.05) is 11.1 Å². The Morgan fingerprint density at radius 3 is 2.57 bits per heavy atom. The van der Waals surface area contributed by atoms with Crippen molar-refractivity contribution < 1.29 is 23.8 Å². The molecule has 4 aromatic rings. The third-order valence-corrected chi connectivity index (χ3v) is 6.00. The third-order valence-electron chi connectivity index (χ3n) is 6.00. The van der Waals surface area contributed by atoms with Crippen molar-refractivity contribution >= 4 is 34.4 Å². The number of aliphatic hydroxyl groups is 1. The van der Waals surface area contributed by atoms with Gasteiger partial charge in [-0.15, -0.1) is 0 Å². The summed E-state index contributed by atoms with van der Waals surface area (Å²) in [7, 11) is 0. The van der Waals surface area contributed by atoms with Gasteiger partial charge in [-0.05, 0) is 55.8 Å². The van der Waals surface area contributed by atoms with Crippen molar-refractivity contribution in [1.82, 2.24) is 9.97 Å². The van der Waals surface area contributed by atoms with E-state index in [2.05, 4.69) is 9.97 Å². The van der Waals surface area contributed by atoms with E-state index in [0.29, 0.717) is 29.0 Å². The fourth-order valence-corrected chi connectivity index (χ4v) is 4.37. The highest BCUT2D eigenvalue weighted by Crippen LogP contribution is 2.42. The molecule has 1 fully saturated rings. The molecule has 0 radical (unpaired) electrons. The van der Waals surface area contributed by atoms with E-state index in [9.17, 15) is 14.7 Å². The van der Waals surface area contributed by atoms with Crippen LogP contribution >= 0.6 is 0 Å². The number of amides is 1. The number of hydrogen-bond acceptors (Lipinski definition) is 5. The lowest BCUT2D eigenvalue weighted by atomic mass is 9.94. The quantitative estimate of drug-likeness (QED) is 0.242. The van der Waals surface area contributed by atoms with E-state index in [1.165, 1.54) is 18.2 Å². The van der Waals surface area contributed by atoms with Crippen molar-refractivity contribution in [2.75, 3.05) is 11.5 Å². The van der Waals surface area contributed by atoms with Crippen molar-refractivity contribution in [2.24, 2.45) is 0 Å². The van der Waals surface area contributed by atoms with Crippen molar-refractivity contribution in [3.8, 4) is 5.75 Å². The van der Waals surface area contributed by atoms with Gasteiger partial charge in [0.15, 0.2) is 0 Å². The second-order valence-electron chi connectivity index (χ2n) is 8.18. The Morgan fingerprint density at radius 2 is 1.86 bits per heavy atom. The number of nitrogens with one attached hydrogen (secondary N) is 1. The van der Waals surface area contributed by atoms with Gasteiger partial charge in [0.25, 0.3) is 5.78 Å². The number of aromatic amines is 1. The highest BCUT2D eigenvalue weighted by Gasteiger charge is 2.49. The van der Waals surface area contributed by atoms with Crippen LogP contribution in [0.3, 0.4) is 0 Å². The molecule has 0 saturated carbocycles. The summed E-state index contributed by atoms with van der Waals surface area (Å²) >= 11 is 0. The Bertz CT molecular complexity index is 1470. The Labute approximate surface area is 200 Å². The Morgan fingerprint density at radius 1 is 1.11 bits per heavy atom. The van der Waals surface area contributed by atoms with Gasteiger partial charge >= 0.3 is 5.91 Å². The minimum Gasteiger partial charge on any atom is -0.507 e. The zero-order valence-electron chi connectivity index (χ0n) is 19.1. The highest BCUT2D eigenvalue weighted by atomic mass is 19.1. The number of aliphatic hydroxyl groups excluding tert-OH is 1. The second-order valence-corrected chi connectivity index (χ2v) is 8.18. The minimum atomic E-state index is -1.22. The molecule has 176 valence electrons. The maximum absolute atomic E-state index is 15.0. The van der Waals surface area contributed by atoms with E-state index >= 15 is 4.39 Å². The molecular formula is C27H22FN3O4. The molecule has 1 unspecified atom stereocenters. The first-order valence-electron chi connectivity index (χ1n) is 11.1. The van der Waals surface area contributed by atoms with Gasteiger partial charge in [-0.25, -0.2) is 9.37 Å². The molecule has 1 aliphatic rings. The molecule has 35 heavy (non-hydrogen) atoms. The summed E-state index contributed by atoms with van der Waals surface area (Å²) in [6.07, 6.45) is 0. The number of nitrogens with zero attached hydrogens (tertiary/aromatic N) is 2. The topological polar surface area (TPSA) is 95.5 Å². The molecule has 1 aliphatic heterocycles. The fourth-order valence-electron chi connectivity index (χ4n) is 4.37. The summed E-state index contributed by atoms with van der Waals surface area (Å²) in [4.78, 5) is 35.1. The van der Waals surface area contributed by atoms with Crippen molar-refractivity contribution in [1.29, 1.82) is 0 Å². The van der Waals surface area contributed by atoms with Crippen LogP contribution in [0, 0.1) is 12.7 Å². The van der Waals surface area contributed by atoms with E-state index < -0.39 is 29.3 Å². The minimum absolute atomic E-state index is 0.0661. The zero-order chi connectivity index (χ0) is 24.7. The van der Waals surface area contributed by atoms with Crippen LogP contribution in [-0.2, 0) is 9.59 Å². The monoisotopic (exact) mass is 471 g/mol. The van der Waals surface area contributed by atoms with Gasteiger partial charge in [0.05, 0.1) is 23.2 Å². The molecule has 1 atom stereocenters. The van der Waals surface area contributed by atoms with Crippen molar-refractivity contribution in [3.63, 3.8) is 0 Å². The summed E-state index contributed by atoms with van der Waals surface area (Å²) in [5.74, 6) is -2.14. The summed E-state index contributed by atoms with van der Waals surface area (Å²) in [5.41, 5.74) is 2.14. The number of aromatic nitrogens is 2. The normalized spacial score (nSPS) is 17.3. The van der Waals surface area contributed by atoms with Gasteiger partial charge in [0.2, 0.25) is 5.95 Å².